The Morgan fingerprint density at radius 1 is 1.32 bits per heavy atom. The van der Waals surface area contributed by atoms with Gasteiger partial charge in [-0.3, -0.25) is 9.59 Å². The molecule has 0 aliphatic rings. The second kappa shape index (κ2) is 6.61. The number of carbonyl (C=O) groups excluding carboxylic acids is 2. The highest BCUT2D eigenvalue weighted by atomic mass is 32.1. The highest BCUT2D eigenvalue weighted by Gasteiger charge is 2.26. The van der Waals surface area contributed by atoms with Crippen molar-refractivity contribution in [1.29, 1.82) is 0 Å². The molecule has 3 N–H and O–H groups in total. The summed E-state index contributed by atoms with van der Waals surface area (Å²) in [5.74, 6) is -0.631. The van der Waals surface area contributed by atoms with Crippen LogP contribution in [0.5, 0.6) is 0 Å². The van der Waals surface area contributed by atoms with E-state index in [0.717, 1.165) is 5.56 Å². The van der Waals surface area contributed by atoms with Crippen molar-refractivity contribution in [2.45, 2.75) is 25.5 Å². The van der Waals surface area contributed by atoms with Gasteiger partial charge < -0.3 is 11.1 Å². The lowest BCUT2D eigenvalue weighted by atomic mass is 9.92. The normalized spacial score (nSPS) is 12.8. The van der Waals surface area contributed by atoms with Crippen molar-refractivity contribution in [3.63, 3.8) is 0 Å². The maximum absolute atomic E-state index is 11.9. The molecule has 19 heavy (non-hydrogen) atoms. The standard InChI is InChI=1S/C14H20N2O2S/c1-14(2,13(15)18)9-16-12(17)11(19)8-10-6-4-3-5-7-10/h3-7,11,19H,8-9H2,1-2H3,(H2,15,18)(H,16,17). The van der Waals surface area contributed by atoms with Gasteiger partial charge in [-0.05, 0) is 25.8 Å². The summed E-state index contributed by atoms with van der Waals surface area (Å²) < 4.78 is 0. The van der Waals surface area contributed by atoms with E-state index >= 15 is 0 Å². The highest BCUT2D eigenvalue weighted by Crippen LogP contribution is 2.13. The van der Waals surface area contributed by atoms with Gasteiger partial charge in [0.2, 0.25) is 11.8 Å². The molecule has 1 unspecified atom stereocenters. The molecule has 0 spiro atoms. The first kappa shape index (κ1) is 15.6. The number of hydrogen-bond acceptors (Lipinski definition) is 3. The SMILES string of the molecule is CC(C)(CNC(=O)C(S)Cc1ccccc1)C(N)=O. The molecule has 0 aliphatic heterocycles. The zero-order valence-electron chi connectivity index (χ0n) is 11.2. The smallest absolute Gasteiger partial charge is 0.233 e. The van der Waals surface area contributed by atoms with Gasteiger partial charge in [0.1, 0.15) is 0 Å². The third-order valence-corrected chi connectivity index (χ3v) is 3.36. The third-order valence-electron chi connectivity index (χ3n) is 2.95. The summed E-state index contributed by atoms with van der Waals surface area (Å²) >= 11 is 4.29. The summed E-state index contributed by atoms with van der Waals surface area (Å²) in [4.78, 5) is 23.0. The summed E-state index contributed by atoms with van der Waals surface area (Å²) in [6.45, 7) is 3.60. The first-order chi connectivity index (χ1) is 8.83. The monoisotopic (exact) mass is 280 g/mol. The van der Waals surface area contributed by atoms with Gasteiger partial charge in [0.25, 0.3) is 0 Å². The van der Waals surface area contributed by atoms with Crippen molar-refractivity contribution >= 4 is 24.4 Å². The summed E-state index contributed by atoms with van der Waals surface area (Å²) in [6.07, 6.45) is 0.548. The van der Waals surface area contributed by atoms with Crippen LogP contribution >= 0.6 is 12.6 Å². The Bertz CT molecular complexity index is 446. The Balaban J connectivity index is 2.48. The fourth-order valence-electron chi connectivity index (χ4n) is 1.44. The Morgan fingerprint density at radius 2 is 1.89 bits per heavy atom. The predicted molar refractivity (Wildman–Crippen MR) is 78.9 cm³/mol. The average Bonchev–Trinajstić information content (AvgIpc) is 2.37. The van der Waals surface area contributed by atoms with Gasteiger partial charge in [0, 0.05) is 6.54 Å². The number of thiol groups is 1. The quantitative estimate of drug-likeness (QED) is 0.684. The van der Waals surface area contributed by atoms with E-state index in [-0.39, 0.29) is 12.5 Å². The van der Waals surface area contributed by atoms with Crippen LogP contribution in [0, 0.1) is 5.41 Å². The largest absolute Gasteiger partial charge is 0.369 e. The summed E-state index contributed by atoms with van der Waals surface area (Å²) in [5.41, 5.74) is 5.54. The van der Waals surface area contributed by atoms with Gasteiger partial charge in [-0.2, -0.15) is 12.6 Å². The zero-order chi connectivity index (χ0) is 14.5. The Morgan fingerprint density at radius 3 is 2.42 bits per heavy atom. The number of rotatable bonds is 6. The minimum atomic E-state index is -0.754. The van der Waals surface area contributed by atoms with Crippen molar-refractivity contribution in [3.05, 3.63) is 35.9 Å². The van der Waals surface area contributed by atoms with Crippen LogP contribution in [0.1, 0.15) is 19.4 Å². The first-order valence-corrected chi connectivity index (χ1v) is 6.64. The van der Waals surface area contributed by atoms with Gasteiger partial charge in [-0.15, -0.1) is 0 Å². The first-order valence-electron chi connectivity index (χ1n) is 6.12. The van der Waals surface area contributed by atoms with E-state index in [1.165, 1.54) is 0 Å². The molecule has 0 aliphatic carbocycles. The van der Waals surface area contributed by atoms with Crippen molar-refractivity contribution in [2.24, 2.45) is 11.1 Å². The van der Waals surface area contributed by atoms with Crippen LogP contribution in [0.15, 0.2) is 30.3 Å². The number of benzene rings is 1. The molecule has 0 radical (unpaired) electrons. The van der Waals surface area contributed by atoms with Crippen molar-refractivity contribution in [2.75, 3.05) is 6.54 Å². The van der Waals surface area contributed by atoms with Crippen LogP contribution in [-0.4, -0.2) is 23.6 Å². The van der Waals surface area contributed by atoms with E-state index in [9.17, 15) is 9.59 Å². The predicted octanol–water partition coefficient (Wildman–Crippen LogP) is 1.16. The van der Waals surface area contributed by atoms with Crippen molar-refractivity contribution in [1.82, 2.24) is 5.32 Å². The molecule has 2 amide bonds. The van der Waals surface area contributed by atoms with Gasteiger partial charge in [-0.25, -0.2) is 0 Å². The van der Waals surface area contributed by atoms with E-state index in [0.29, 0.717) is 6.42 Å². The van der Waals surface area contributed by atoms with Crippen LogP contribution in [-0.2, 0) is 16.0 Å². The molecule has 0 heterocycles. The van der Waals surface area contributed by atoms with E-state index in [4.69, 9.17) is 5.73 Å². The van der Waals surface area contributed by atoms with Gasteiger partial charge >= 0.3 is 0 Å². The number of primary amides is 1. The maximum Gasteiger partial charge on any atom is 0.233 e. The van der Waals surface area contributed by atoms with Gasteiger partial charge in [-0.1, -0.05) is 30.3 Å². The number of amides is 2. The molecule has 0 saturated heterocycles. The summed E-state index contributed by atoms with van der Waals surface area (Å²) in [7, 11) is 0. The van der Waals surface area contributed by atoms with Crippen molar-refractivity contribution in [3.8, 4) is 0 Å². The summed E-state index contributed by atoms with van der Waals surface area (Å²) in [5, 5.41) is 2.27. The van der Waals surface area contributed by atoms with Crippen LogP contribution in [0.3, 0.4) is 0 Å². The molecule has 1 aromatic carbocycles. The average molecular weight is 280 g/mol. The maximum atomic E-state index is 11.9. The zero-order valence-corrected chi connectivity index (χ0v) is 12.1. The van der Waals surface area contributed by atoms with E-state index in [2.05, 4.69) is 17.9 Å². The molecule has 1 rings (SSSR count). The molecule has 0 saturated carbocycles. The number of carbonyl (C=O) groups is 2. The van der Waals surface area contributed by atoms with E-state index in [1.54, 1.807) is 13.8 Å². The van der Waals surface area contributed by atoms with Crippen LogP contribution < -0.4 is 11.1 Å². The van der Waals surface area contributed by atoms with Gasteiger partial charge in [0.15, 0.2) is 0 Å². The second-order valence-electron chi connectivity index (χ2n) is 5.17. The Kier molecular flexibility index (Phi) is 5.42. The lowest BCUT2D eigenvalue weighted by molar-refractivity contribution is -0.126. The molecule has 5 heteroatoms. The molecule has 1 atom stereocenters. The van der Waals surface area contributed by atoms with Gasteiger partial charge in [0.05, 0.1) is 10.7 Å². The molecular weight excluding hydrogens is 260 g/mol. The van der Waals surface area contributed by atoms with E-state index < -0.39 is 16.6 Å². The number of nitrogens with one attached hydrogen (secondary N) is 1. The second-order valence-corrected chi connectivity index (χ2v) is 5.79. The number of hydrogen-bond donors (Lipinski definition) is 3. The Labute approximate surface area is 119 Å². The molecule has 1 aromatic rings. The third kappa shape index (κ3) is 4.95. The molecule has 0 bridgehead atoms. The molecule has 0 aromatic heterocycles. The minimum absolute atomic E-state index is 0.193. The van der Waals surface area contributed by atoms with E-state index in [1.807, 2.05) is 30.3 Å². The topological polar surface area (TPSA) is 72.2 Å². The fourth-order valence-corrected chi connectivity index (χ4v) is 1.75. The lowest BCUT2D eigenvalue weighted by Crippen LogP contribution is -2.44. The molecule has 104 valence electrons. The van der Waals surface area contributed by atoms with Crippen LogP contribution in [0.2, 0.25) is 0 Å². The minimum Gasteiger partial charge on any atom is -0.369 e. The Hall–Kier alpha value is -1.49. The summed E-state index contributed by atoms with van der Waals surface area (Å²) in [6, 6.07) is 9.66. The highest BCUT2D eigenvalue weighted by molar-refractivity contribution is 7.81. The van der Waals surface area contributed by atoms with Crippen LogP contribution in [0.25, 0.3) is 0 Å². The lowest BCUT2D eigenvalue weighted by Gasteiger charge is -2.22. The van der Waals surface area contributed by atoms with Crippen LogP contribution in [0.4, 0.5) is 0 Å². The molecule has 0 fully saturated rings. The molecular formula is C14H20N2O2S. The molecule has 4 nitrogen and oxygen atoms in total. The number of nitrogens with two attached hydrogens (primary N) is 1. The van der Waals surface area contributed by atoms with Crippen molar-refractivity contribution < 1.29 is 9.59 Å². The fraction of sp³-hybridized carbons (Fsp3) is 0.429.